The second kappa shape index (κ2) is 14.1. The molecule has 0 radical (unpaired) electrons. The van der Waals surface area contributed by atoms with Crippen molar-refractivity contribution in [2.24, 2.45) is 0 Å². The van der Waals surface area contributed by atoms with Crippen molar-refractivity contribution in [2.75, 3.05) is 13.2 Å². The summed E-state index contributed by atoms with van der Waals surface area (Å²) in [6, 6.07) is 26.8. The van der Waals surface area contributed by atoms with Gasteiger partial charge in [0.1, 0.15) is 11.8 Å². The van der Waals surface area contributed by atoms with Gasteiger partial charge in [0.15, 0.2) is 6.61 Å². The molecule has 0 aliphatic carbocycles. The number of ether oxygens (including phenoxy) is 1. The van der Waals surface area contributed by atoms with E-state index in [0.717, 1.165) is 24.0 Å². The van der Waals surface area contributed by atoms with Crippen LogP contribution in [0.3, 0.4) is 0 Å². The minimum absolute atomic E-state index is 0.138. The second-order valence-electron chi connectivity index (χ2n) is 9.37. The highest BCUT2D eigenvalue weighted by atomic mass is 16.5. The molecule has 0 aliphatic rings. The van der Waals surface area contributed by atoms with Crippen molar-refractivity contribution in [3.8, 4) is 5.75 Å². The fraction of sp³-hybridized carbons (Fsp3) is 0.355. The van der Waals surface area contributed by atoms with Gasteiger partial charge in [-0.05, 0) is 41.2 Å². The van der Waals surface area contributed by atoms with Crippen molar-refractivity contribution in [3.05, 3.63) is 102 Å². The highest BCUT2D eigenvalue weighted by molar-refractivity contribution is 5.88. The summed E-state index contributed by atoms with van der Waals surface area (Å²) in [6.45, 7) is 7.14. The van der Waals surface area contributed by atoms with Crippen molar-refractivity contribution >= 4 is 11.8 Å². The molecule has 0 aliphatic heterocycles. The lowest BCUT2D eigenvalue weighted by Gasteiger charge is -2.31. The average molecular weight is 487 g/mol. The molecule has 5 heteroatoms. The number of rotatable bonds is 13. The Kier molecular flexibility index (Phi) is 10.6. The molecular formula is C31H38N2O3. The van der Waals surface area contributed by atoms with E-state index < -0.39 is 6.04 Å². The largest absolute Gasteiger partial charge is 0.484 e. The van der Waals surface area contributed by atoms with Crippen molar-refractivity contribution in [2.45, 2.75) is 58.5 Å². The number of hydrogen-bond donors (Lipinski definition) is 1. The molecule has 0 spiro atoms. The molecule has 3 aromatic rings. The van der Waals surface area contributed by atoms with Gasteiger partial charge in [-0.2, -0.15) is 0 Å². The summed E-state index contributed by atoms with van der Waals surface area (Å²) in [5.74, 6) is 0.697. The molecule has 0 saturated carbocycles. The van der Waals surface area contributed by atoms with E-state index in [0.29, 0.717) is 31.2 Å². The van der Waals surface area contributed by atoms with E-state index >= 15 is 0 Å². The van der Waals surface area contributed by atoms with Crippen molar-refractivity contribution in [1.82, 2.24) is 10.2 Å². The van der Waals surface area contributed by atoms with Gasteiger partial charge in [0, 0.05) is 19.5 Å². The molecular weight excluding hydrogens is 448 g/mol. The standard InChI is InChI=1S/C31H38N2O3/c1-4-5-20-32-31(35)29(21-25-12-8-6-9-13-25)33(22-26-14-10-7-11-15-26)30(34)23-36-28-18-16-27(17-19-28)24(2)3/h6-19,24,29H,4-5,20-23H2,1-3H3,(H,32,35)/t29-/m1/s1. The lowest BCUT2D eigenvalue weighted by atomic mass is 10.0. The van der Waals surface area contributed by atoms with E-state index in [1.807, 2.05) is 84.9 Å². The first-order valence-electron chi connectivity index (χ1n) is 12.9. The summed E-state index contributed by atoms with van der Waals surface area (Å²) >= 11 is 0. The van der Waals surface area contributed by atoms with Crippen LogP contribution in [0.2, 0.25) is 0 Å². The Morgan fingerprint density at radius 3 is 2.06 bits per heavy atom. The smallest absolute Gasteiger partial charge is 0.261 e. The molecule has 0 aromatic heterocycles. The Hall–Kier alpha value is -3.60. The molecule has 1 atom stereocenters. The van der Waals surface area contributed by atoms with Gasteiger partial charge in [-0.25, -0.2) is 0 Å². The monoisotopic (exact) mass is 486 g/mol. The van der Waals surface area contributed by atoms with Crippen LogP contribution in [0.1, 0.15) is 56.2 Å². The van der Waals surface area contributed by atoms with Crippen LogP contribution >= 0.6 is 0 Å². The Bertz CT molecular complexity index is 1070. The number of nitrogens with one attached hydrogen (secondary N) is 1. The summed E-state index contributed by atoms with van der Waals surface area (Å²) in [5.41, 5.74) is 3.18. The van der Waals surface area contributed by atoms with Crippen molar-refractivity contribution < 1.29 is 14.3 Å². The van der Waals surface area contributed by atoms with Crippen LogP contribution in [0.15, 0.2) is 84.9 Å². The minimum Gasteiger partial charge on any atom is -0.484 e. The second-order valence-corrected chi connectivity index (χ2v) is 9.37. The quantitative estimate of drug-likeness (QED) is 0.313. The Balaban J connectivity index is 1.83. The first kappa shape index (κ1) is 27.0. The van der Waals surface area contributed by atoms with Crippen molar-refractivity contribution in [1.29, 1.82) is 0 Å². The van der Waals surface area contributed by atoms with E-state index in [1.54, 1.807) is 4.90 Å². The highest BCUT2D eigenvalue weighted by Crippen LogP contribution is 2.20. The maximum atomic E-state index is 13.6. The molecule has 0 bridgehead atoms. The Morgan fingerprint density at radius 1 is 0.861 bits per heavy atom. The third kappa shape index (κ3) is 8.26. The molecule has 0 unspecified atom stereocenters. The minimum atomic E-state index is -0.649. The van der Waals surface area contributed by atoms with Gasteiger partial charge in [-0.15, -0.1) is 0 Å². The molecule has 3 rings (SSSR count). The van der Waals surface area contributed by atoms with Gasteiger partial charge in [0.25, 0.3) is 5.91 Å². The van der Waals surface area contributed by atoms with E-state index in [1.165, 1.54) is 5.56 Å². The normalized spacial score (nSPS) is 11.7. The van der Waals surface area contributed by atoms with Crippen LogP contribution in [0, 0.1) is 0 Å². The number of carbonyl (C=O) groups excluding carboxylic acids is 2. The highest BCUT2D eigenvalue weighted by Gasteiger charge is 2.30. The molecule has 5 nitrogen and oxygen atoms in total. The maximum absolute atomic E-state index is 13.6. The Morgan fingerprint density at radius 2 is 1.47 bits per heavy atom. The molecule has 3 aromatic carbocycles. The molecule has 190 valence electrons. The topological polar surface area (TPSA) is 58.6 Å². The number of amides is 2. The van der Waals surface area contributed by atoms with Gasteiger partial charge >= 0.3 is 0 Å². The van der Waals surface area contributed by atoms with Gasteiger partial charge < -0.3 is 15.0 Å². The fourth-order valence-corrected chi connectivity index (χ4v) is 4.02. The molecule has 36 heavy (non-hydrogen) atoms. The lowest BCUT2D eigenvalue weighted by Crippen LogP contribution is -2.51. The van der Waals surface area contributed by atoms with Crippen LogP contribution in [0.5, 0.6) is 5.75 Å². The van der Waals surface area contributed by atoms with E-state index in [4.69, 9.17) is 4.74 Å². The first-order valence-corrected chi connectivity index (χ1v) is 12.9. The number of hydrogen-bond acceptors (Lipinski definition) is 3. The van der Waals surface area contributed by atoms with Crippen LogP contribution in [0.25, 0.3) is 0 Å². The summed E-state index contributed by atoms with van der Waals surface area (Å²) in [5, 5.41) is 3.04. The predicted molar refractivity (Wildman–Crippen MR) is 145 cm³/mol. The van der Waals surface area contributed by atoms with Crippen LogP contribution in [-0.4, -0.2) is 35.9 Å². The van der Waals surface area contributed by atoms with E-state index in [2.05, 4.69) is 26.1 Å². The van der Waals surface area contributed by atoms with E-state index in [-0.39, 0.29) is 18.4 Å². The third-order valence-corrected chi connectivity index (χ3v) is 6.21. The van der Waals surface area contributed by atoms with E-state index in [9.17, 15) is 9.59 Å². The summed E-state index contributed by atoms with van der Waals surface area (Å²) in [6.07, 6.45) is 2.31. The summed E-state index contributed by atoms with van der Waals surface area (Å²) in [4.78, 5) is 28.6. The van der Waals surface area contributed by atoms with Gasteiger partial charge in [0.2, 0.25) is 5.91 Å². The number of nitrogens with zero attached hydrogens (tertiary/aromatic N) is 1. The zero-order valence-corrected chi connectivity index (χ0v) is 21.7. The number of carbonyl (C=O) groups is 2. The summed E-state index contributed by atoms with van der Waals surface area (Å²) in [7, 11) is 0. The van der Waals surface area contributed by atoms with Crippen LogP contribution in [-0.2, 0) is 22.6 Å². The molecule has 0 heterocycles. The third-order valence-electron chi connectivity index (χ3n) is 6.21. The fourth-order valence-electron chi connectivity index (χ4n) is 4.02. The van der Waals surface area contributed by atoms with Gasteiger partial charge in [-0.1, -0.05) is 100.0 Å². The average Bonchev–Trinajstić information content (AvgIpc) is 2.90. The molecule has 0 fully saturated rings. The van der Waals surface area contributed by atoms with Gasteiger partial charge in [-0.3, -0.25) is 9.59 Å². The maximum Gasteiger partial charge on any atom is 0.261 e. The first-order chi connectivity index (χ1) is 17.5. The number of unbranched alkanes of at least 4 members (excludes halogenated alkanes) is 1. The molecule has 0 saturated heterocycles. The SMILES string of the molecule is CCCCNC(=O)[C@@H](Cc1ccccc1)N(Cc1ccccc1)C(=O)COc1ccc(C(C)C)cc1. The van der Waals surface area contributed by atoms with Crippen LogP contribution in [0.4, 0.5) is 0 Å². The molecule has 2 amide bonds. The predicted octanol–water partition coefficient (Wildman–Crippen LogP) is 5.75. The van der Waals surface area contributed by atoms with Crippen LogP contribution < -0.4 is 10.1 Å². The zero-order valence-electron chi connectivity index (χ0n) is 21.7. The molecule has 1 N–H and O–H groups in total. The number of benzene rings is 3. The zero-order chi connectivity index (χ0) is 25.8. The van der Waals surface area contributed by atoms with Gasteiger partial charge in [0.05, 0.1) is 0 Å². The van der Waals surface area contributed by atoms with Crippen molar-refractivity contribution in [3.63, 3.8) is 0 Å². The lowest BCUT2D eigenvalue weighted by molar-refractivity contribution is -0.142. The summed E-state index contributed by atoms with van der Waals surface area (Å²) < 4.78 is 5.88. The Labute approximate surface area is 215 Å².